The van der Waals surface area contributed by atoms with Crippen molar-refractivity contribution in [2.45, 2.75) is 51.0 Å². The summed E-state index contributed by atoms with van der Waals surface area (Å²) < 4.78 is 0. The van der Waals surface area contributed by atoms with Crippen molar-refractivity contribution in [3.8, 4) is 0 Å². The van der Waals surface area contributed by atoms with Crippen molar-refractivity contribution in [3.05, 3.63) is 0 Å². The van der Waals surface area contributed by atoms with Gasteiger partial charge in [-0.25, -0.2) is 0 Å². The summed E-state index contributed by atoms with van der Waals surface area (Å²) >= 11 is 0. The Morgan fingerprint density at radius 2 is 1.95 bits per heavy atom. The molecule has 1 saturated carbocycles. The molecule has 0 radical (unpaired) electrons. The van der Waals surface area contributed by atoms with Gasteiger partial charge in [0.1, 0.15) is 5.54 Å². The van der Waals surface area contributed by atoms with Crippen LogP contribution in [0.2, 0.25) is 0 Å². The Labute approximate surface area is 121 Å². The van der Waals surface area contributed by atoms with E-state index in [2.05, 4.69) is 10.6 Å². The minimum atomic E-state index is -0.626. The Morgan fingerprint density at radius 1 is 1.25 bits per heavy atom. The molecule has 0 bridgehead atoms. The lowest BCUT2D eigenvalue weighted by molar-refractivity contribution is -0.142. The van der Waals surface area contributed by atoms with Gasteiger partial charge in [-0.2, -0.15) is 0 Å². The molecule has 1 heterocycles. The molecule has 1 saturated heterocycles. The van der Waals surface area contributed by atoms with Crippen LogP contribution in [0.5, 0.6) is 0 Å². The number of nitrogens with zero attached hydrogens (tertiary/aromatic N) is 1. The Hall–Kier alpha value is -1.10. The fraction of sp³-hybridized carbons (Fsp3) is 0.867. The fourth-order valence-corrected chi connectivity index (χ4v) is 3.66. The summed E-state index contributed by atoms with van der Waals surface area (Å²) in [5.41, 5.74) is -0.626. The van der Waals surface area contributed by atoms with Gasteiger partial charge in [-0.3, -0.25) is 9.59 Å². The molecule has 2 N–H and O–H groups in total. The molecule has 5 heteroatoms. The van der Waals surface area contributed by atoms with Crippen molar-refractivity contribution in [2.24, 2.45) is 5.92 Å². The lowest BCUT2D eigenvalue weighted by Gasteiger charge is -2.39. The maximum absolute atomic E-state index is 12.9. The summed E-state index contributed by atoms with van der Waals surface area (Å²) in [7, 11) is 1.95. The monoisotopic (exact) mass is 281 g/mol. The van der Waals surface area contributed by atoms with E-state index in [0.29, 0.717) is 5.92 Å². The predicted molar refractivity (Wildman–Crippen MR) is 78.2 cm³/mol. The molecule has 0 aromatic heterocycles. The molecular formula is C15H27N3O2. The topological polar surface area (TPSA) is 61.4 Å². The molecule has 2 fully saturated rings. The van der Waals surface area contributed by atoms with Crippen LogP contribution in [0.15, 0.2) is 0 Å². The molecule has 2 aliphatic rings. The molecular weight excluding hydrogens is 254 g/mol. The zero-order valence-electron chi connectivity index (χ0n) is 12.7. The molecule has 2 amide bonds. The summed E-state index contributed by atoms with van der Waals surface area (Å²) in [6.45, 7) is 4.11. The third kappa shape index (κ3) is 3.32. The molecule has 1 aliphatic heterocycles. The van der Waals surface area contributed by atoms with Gasteiger partial charge in [-0.1, -0.05) is 19.3 Å². The zero-order valence-corrected chi connectivity index (χ0v) is 12.7. The fourth-order valence-electron chi connectivity index (χ4n) is 3.66. The Kier molecular flexibility index (Phi) is 5.02. The third-order valence-electron chi connectivity index (χ3n) is 4.60. The molecule has 5 nitrogen and oxygen atoms in total. The first-order valence-electron chi connectivity index (χ1n) is 7.80. The lowest BCUT2D eigenvalue weighted by Crippen LogP contribution is -2.59. The van der Waals surface area contributed by atoms with Crippen LogP contribution in [0.1, 0.15) is 45.4 Å². The molecule has 1 atom stereocenters. The average Bonchev–Trinajstić information content (AvgIpc) is 2.87. The van der Waals surface area contributed by atoms with Gasteiger partial charge in [0.15, 0.2) is 0 Å². The smallest absolute Gasteiger partial charge is 0.248 e. The first-order valence-corrected chi connectivity index (χ1v) is 7.80. The van der Waals surface area contributed by atoms with Gasteiger partial charge < -0.3 is 15.5 Å². The summed E-state index contributed by atoms with van der Waals surface area (Å²) in [6, 6.07) is 0. The second-order valence-corrected chi connectivity index (χ2v) is 6.29. The standard InChI is InChI=1S/C15H27N3O2/c1-12(19)17-15(7-4-3-5-8-15)14(20)18-9-6-13(11-18)10-16-2/h13,16H,3-11H2,1-2H3,(H,17,19). The zero-order chi connectivity index (χ0) is 14.6. The summed E-state index contributed by atoms with van der Waals surface area (Å²) in [5.74, 6) is 0.596. The highest BCUT2D eigenvalue weighted by molar-refractivity contribution is 5.91. The van der Waals surface area contributed by atoms with Crippen molar-refractivity contribution >= 4 is 11.8 Å². The van der Waals surface area contributed by atoms with Crippen LogP contribution >= 0.6 is 0 Å². The van der Waals surface area contributed by atoms with Crippen LogP contribution in [0.3, 0.4) is 0 Å². The van der Waals surface area contributed by atoms with Crippen molar-refractivity contribution in [1.82, 2.24) is 15.5 Å². The quantitative estimate of drug-likeness (QED) is 0.804. The normalized spacial score (nSPS) is 25.5. The first kappa shape index (κ1) is 15.3. The van der Waals surface area contributed by atoms with Crippen molar-refractivity contribution in [3.63, 3.8) is 0 Å². The molecule has 20 heavy (non-hydrogen) atoms. The van der Waals surface area contributed by atoms with E-state index in [1.807, 2.05) is 11.9 Å². The minimum Gasteiger partial charge on any atom is -0.342 e. The number of carbonyl (C=O) groups excluding carboxylic acids is 2. The number of likely N-dealkylation sites (tertiary alicyclic amines) is 1. The maximum Gasteiger partial charge on any atom is 0.248 e. The predicted octanol–water partition coefficient (Wildman–Crippen LogP) is 0.893. The maximum atomic E-state index is 12.9. The van der Waals surface area contributed by atoms with Gasteiger partial charge in [-0.15, -0.1) is 0 Å². The molecule has 1 aliphatic carbocycles. The second kappa shape index (κ2) is 6.57. The van der Waals surface area contributed by atoms with Gasteiger partial charge >= 0.3 is 0 Å². The van der Waals surface area contributed by atoms with E-state index < -0.39 is 5.54 Å². The lowest BCUT2D eigenvalue weighted by atomic mass is 9.80. The highest BCUT2D eigenvalue weighted by Gasteiger charge is 2.44. The number of amides is 2. The van der Waals surface area contributed by atoms with E-state index in [0.717, 1.165) is 58.2 Å². The number of rotatable bonds is 4. The number of nitrogens with one attached hydrogen (secondary N) is 2. The molecule has 0 spiro atoms. The Bertz CT molecular complexity index is 364. The molecule has 114 valence electrons. The Balaban J connectivity index is 2.05. The van der Waals surface area contributed by atoms with E-state index in [-0.39, 0.29) is 11.8 Å². The van der Waals surface area contributed by atoms with Gasteiger partial charge in [-0.05, 0) is 38.8 Å². The minimum absolute atomic E-state index is 0.0915. The average molecular weight is 281 g/mol. The highest BCUT2D eigenvalue weighted by atomic mass is 16.2. The third-order valence-corrected chi connectivity index (χ3v) is 4.60. The van der Waals surface area contributed by atoms with E-state index in [1.165, 1.54) is 6.92 Å². The Morgan fingerprint density at radius 3 is 2.55 bits per heavy atom. The largest absolute Gasteiger partial charge is 0.342 e. The summed E-state index contributed by atoms with van der Waals surface area (Å²) in [4.78, 5) is 26.4. The second-order valence-electron chi connectivity index (χ2n) is 6.29. The van der Waals surface area contributed by atoms with Crippen molar-refractivity contribution < 1.29 is 9.59 Å². The molecule has 0 aromatic carbocycles. The van der Waals surface area contributed by atoms with Crippen LogP contribution in [0.25, 0.3) is 0 Å². The van der Waals surface area contributed by atoms with Gasteiger partial charge in [0.25, 0.3) is 0 Å². The number of carbonyl (C=O) groups is 2. The van der Waals surface area contributed by atoms with E-state index >= 15 is 0 Å². The number of hydrogen-bond donors (Lipinski definition) is 2. The highest BCUT2D eigenvalue weighted by Crippen LogP contribution is 2.31. The van der Waals surface area contributed by atoms with E-state index in [9.17, 15) is 9.59 Å². The van der Waals surface area contributed by atoms with E-state index in [4.69, 9.17) is 0 Å². The van der Waals surface area contributed by atoms with Crippen LogP contribution in [0.4, 0.5) is 0 Å². The van der Waals surface area contributed by atoms with Crippen molar-refractivity contribution in [2.75, 3.05) is 26.7 Å². The van der Waals surface area contributed by atoms with Crippen molar-refractivity contribution in [1.29, 1.82) is 0 Å². The van der Waals surface area contributed by atoms with Crippen LogP contribution in [0, 0.1) is 5.92 Å². The molecule has 0 aromatic rings. The van der Waals surface area contributed by atoms with Gasteiger partial charge in [0.05, 0.1) is 0 Å². The molecule has 2 rings (SSSR count). The first-order chi connectivity index (χ1) is 9.57. The summed E-state index contributed by atoms with van der Waals surface area (Å²) in [6.07, 6.45) is 5.86. The van der Waals surface area contributed by atoms with E-state index in [1.54, 1.807) is 0 Å². The summed E-state index contributed by atoms with van der Waals surface area (Å²) in [5, 5.41) is 6.16. The van der Waals surface area contributed by atoms with Crippen LogP contribution in [-0.4, -0.2) is 48.9 Å². The molecule has 1 unspecified atom stereocenters. The number of hydrogen-bond acceptors (Lipinski definition) is 3. The van der Waals surface area contributed by atoms with Crippen LogP contribution in [-0.2, 0) is 9.59 Å². The van der Waals surface area contributed by atoms with Crippen LogP contribution < -0.4 is 10.6 Å². The van der Waals surface area contributed by atoms with Gasteiger partial charge in [0, 0.05) is 20.0 Å². The van der Waals surface area contributed by atoms with Gasteiger partial charge in [0.2, 0.25) is 11.8 Å². The SMILES string of the molecule is CNCC1CCN(C(=O)C2(NC(C)=O)CCCCC2)C1.